The predicted molar refractivity (Wildman–Crippen MR) is 70.4 cm³/mol. The van der Waals surface area contributed by atoms with E-state index in [-0.39, 0.29) is 0 Å². The monoisotopic (exact) mass is 242 g/mol. The summed E-state index contributed by atoms with van der Waals surface area (Å²) >= 11 is 0. The number of benzene rings is 1. The molecule has 2 aromatic rings. The third kappa shape index (κ3) is 2.04. The van der Waals surface area contributed by atoms with E-state index < -0.39 is 0 Å². The fourth-order valence-corrected chi connectivity index (χ4v) is 2.74. The van der Waals surface area contributed by atoms with Crippen molar-refractivity contribution in [3.63, 3.8) is 0 Å². The third-order valence-electron chi connectivity index (χ3n) is 3.61. The van der Waals surface area contributed by atoms with Gasteiger partial charge in [-0.1, -0.05) is 24.3 Å². The van der Waals surface area contributed by atoms with Crippen LogP contribution in [0, 0.1) is 0 Å². The second kappa shape index (κ2) is 4.90. The SMILES string of the molecule is NCCc1nc(C2CCCc3ccccc32)n[nH]1. The molecule has 0 spiro atoms. The van der Waals surface area contributed by atoms with Gasteiger partial charge in [0.15, 0.2) is 5.82 Å². The molecule has 0 fully saturated rings. The van der Waals surface area contributed by atoms with E-state index >= 15 is 0 Å². The Morgan fingerprint density at radius 1 is 1.33 bits per heavy atom. The van der Waals surface area contributed by atoms with Crippen LogP contribution in [-0.2, 0) is 12.8 Å². The minimum atomic E-state index is 0.345. The Morgan fingerprint density at radius 3 is 3.11 bits per heavy atom. The van der Waals surface area contributed by atoms with Crippen LogP contribution >= 0.6 is 0 Å². The van der Waals surface area contributed by atoms with E-state index in [1.54, 1.807) is 0 Å². The highest BCUT2D eigenvalue weighted by Gasteiger charge is 2.24. The zero-order chi connectivity index (χ0) is 12.4. The molecule has 0 aliphatic heterocycles. The number of nitrogens with two attached hydrogens (primary N) is 1. The Balaban J connectivity index is 1.92. The molecule has 0 saturated heterocycles. The van der Waals surface area contributed by atoms with E-state index in [0.717, 1.165) is 24.5 Å². The molecular formula is C14H18N4. The fourth-order valence-electron chi connectivity index (χ4n) is 2.74. The summed E-state index contributed by atoms with van der Waals surface area (Å²) < 4.78 is 0. The van der Waals surface area contributed by atoms with Gasteiger partial charge >= 0.3 is 0 Å². The summed E-state index contributed by atoms with van der Waals surface area (Å²) in [5, 5.41) is 7.36. The number of nitrogens with one attached hydrogen (secondary N) is 1. The van der Waals surface area contributed by atoms with Crippen molar-refractivity contribution in [2.45, 2.75) is 31.6 Å². The molecule has 1 atom stereocenters. The number of rotatable bonds is 3. The van der Waals surface area contributed by atoms with E-state index in [4.69, 9.17) is 5.73 Å². The number of aromatic amines is 1. The van der Waals surface area contributed by atoms with Crippen molar-refractivity contribution in [3.05, 3.63) is 47.0 Å². The zero-order valence-electron chi connectivity index (χ0n) is 10.4. The van der Waals surface area contributed by atoms with Crippen molar-refractivity contribution < 1.29 is 0 Å². The first-order chi connectivity index (χ1) is 8.88. The zero-order valence-corrected chi connectivity index (χ0v) is 10.4. The number of hydrogen-bond acceptors (Lipinski definition) is 3. The Hall–Kier alpha value is -1.68. The van der Waals surface area contributed by atoms with Gasteiger partial charge in [0.05, 0.1) is 0 Å². The van der Waals surface area contributed by atoms with Gasteiger partial charge in [-0.2, -0.15) is 5.10 Å². The molecule has 0 saturated carbocycles. The normalized spacial score (nSPS) is 18.6. The summed E-state index contributed by atoms with van der Waals surface area (Å²) in [6, 6.07) is 8.64. The van der Waals surface area contributed by atoms with Gasteiger partial charge in [0.1, 0.15) is 5.82 Å². The van der Waals surface area contributed by atoms with Gasteiger partial charge in [0.2, 0.25) is 0 Å². The minimum absolute atomic E-state index is 0.345. The van der Waals surface area contributed by atoms with Gasteiger partial charge in [-0.15, -0.1) is 0 Å². The maximum absolute atomic E-state index is 5.54. The molecule has 1 aromatic carbocycles. The molecule has 3 rings (SSSR count). The third-order valence-corrected chi connectivity index (χ3v) is 3.61. The fraction of sp³-hybridized carbons (Fsp3) is 0.429. The summed E-state index contributed by atoms with van der Waals surface area (Å²) in [4.78, 5) is 4.58. The Labute approximate surface area is 107 Å². The van der Waals surface area contributed by atoms with E-state index in [1.165, 1.54) is 24.0 Å². The van der Waals surface area contributed by atoms with Gasteiger partial charge in [-0.05, 0) is 36.9 Å². The second-order valence-electron chi connectivity index (χ2n) is 4.82. The van der Waals surface area contributed by atoms with Crippen molar-refractivity contribution in [2.75, 3.05) is 6.54 Å². The molecule has 1 unspecified atom stereocenters. The molecule has 4 heteroatoms. The highest BCUT2D eigenvalue weighted by Crippen LogP contribution is 2.34. The molecule has 1 aliphatic carbocycles. The van der Waals surface area contributed by atoms with Crippen LogP contribution in [0.4, 0.5) is 0 Å². The first-order valence-electron chi connectivity index (χ1n) is 6.57. The van der Waals surface area contributed by atoms with Gasteiger partial charge in [0.25, 0.3) is 0 Å². The predicted octanol–water partition coefficient (Wildman–Crippen LogP) is 1.77. The number of aromatic nitrogens is 3. The highest BCUT2D eigenvalue weighted by atomic mass is 15.2. The molecular weight excluding hydrogens is 224 g/mol. The Kier molecular flexibility index (Phi) is 3.11. The number of nitrogens with zero attached hydrogens (tertiary/aromatic N) is 2. The Bertz CT molecular complexity index is 532. The summed E-state index contributed by atoms with van der Waals surface area (Å²) in [6.07, 6.45) is 4.29. The molecule has 18 heavy (non-hydrogen) atoms. The van der Waals surface area contributed by atoms with Crippen molar-refractivity contribution in [3.8, 4) is 0 Å². The lowest BCUT2D eigenvalue weighted by Gasteiger charge is -2.23. The van der Waals surface area contributed by atoms with E-state index in [1.807, 2.05) is 0 Å². The average Bonchev–Trinajstić information content (AvgIpc) is 2.87. The number of aryl methyl sites for hydroxylation is 1. The topological polar surface area (TPSA) is 67.6 Å². The maximum atomic E-state index is 5.54. The van der Waals surface area contributed by atoms with Crippen molar-refractivity contribution >= 4 is 0 Å². The van der Waals surface area contributed by atoms with E-state index in [9.17, 15) is 0 Å². The number of H-pyrrole nitrogens is 1. The second-order valence-corrected chi connectivity index (χ2v) is 4.82. The lowest BCUT2D eigenvalue weighted by atomic mass is 9.82. The van der Waals surface area contributed by atoms with Crippen LogP contribution < -0.4 is 5.73 Å². The molecule has 0 radical (unpaired) electrons. The first-order valence-corrected chi connectivity index (χ1v) is 6.57. The summed E-state index contributed by atoms with van der Waals surface area (Å²) in [6.45, 7) is 0.607. The highest BCUT2D eigenvalue weighted by molar-refractivity contribution is 5.36. The quantitative estimate of drug-likeness (QED) is 0.862. The van der Waals surface area contributed by atoms with Crippen molar-refractivity contribution in [1.29, 1.82) is 0 Å². The summed E-state index contributed by atoms with van der Waals surface area (Å²) in [5.41, 5.74) is 8.37. The number of fused-ring (bicyclic) bond motifs is 1. The molecule has 1 aromatic heterocycles. The molecule has 0 bridgehead atoms. The molecule has 3 N–H and O–H groups in total. The van der Waals surface area contributed by atoms with E-state index in [0.29, 0.717) is 12.5 Å². The van der Waals surface area contributed by atoms with Crippen LogP contribution in [0.2, 0.25) is 0 Å². The largest absolute Gasteiger partial charge is 0.330 e. The summed E-state index contributed by atoms with van der Waals surface area (Å²) in [7, 11) is 0. The van der Waals surface area contributed by atoms with Crippen LogP contribution in [-0.4, -0.2) is 21.7 Å². The minimum Gasteiger partial charge on any atom is -0.330 e. The Morgan fingerprint density at radius 2 is 2.22 bits per heavy atom. The molecule has 94 valence electrons. The summed E-state index contributed by atoms with van der Waals surface area (Å²) in [5.74, 6) is 2.17. The maximum Gasteiger partial charge on any atom is 0.158 e. The lowest BCUT2D eigenvalue weighted by Crippen LogP contribution is -2.12. The molecule has 1 aliphatic rings. The first kappa shape index (κ1) is 11.4. The van der Waals surface area contributed by atoms with Crippen LogP contribution in [0.5, 0.6) is 0 Å². The van der Waals surface area contributed by atoms with Crippen LogP contribution in [0.1, 0.15) is 41.5 Å². The van der Waals surface area contributed by atoms with Gasteiger partial charge in [0, 0.05) is 12.3 Å². The average molecular weight is 242 g/mol. The van der Waals surface area contributed by atoms with E-state index in [2.05, 4.69) is 39.4 Å². The van der Waals surface area contributed by atoms with Crippen molar-refractivity contribution in [1.82, 2.24) is 15.2 Å². The lowest BCUT2D eigenvalue weighted by molar-refractivity contribution is 0.592. The van der Waals surface area contributed by atoms with Crippen LogP contribution in [0.15, 0.2) is 24.3 Å². The van der Waals surface area contributed by atoms with Crippen molar-refractivity contribution in [2.24, 2.45) is 5.73 Å². The van der Waals surface area contributed by atoms with Gasteiger partial charge in [-0.3, -0.25) is 5.10 Å². The molecule has 1 heterocycles. The molecule has 0 amide bonds. The van der Waals surface area contributed by atoms with Gasteiger partial charge < -0.3 is 5.73 Å². The van der Waals surface area contributed by atoms with Crippen LogP contribution in [0.3, 0.4) is 0 Å². The standard InChI is InChI=1S/C14H18N4/c15-9-8-13-16-14(18-17-13)12-7-3-5-10-4-1-2-6-11(10)12/h1-2,4,6,12H,3,5,7-9,15H2,(H,16,17,18). The number of hydrogen-bond donors (Lipinski definition) is 2. The van der Waals surface area contributed by atoms with Gasteiger partial charge in [-0.25, -0.2) is 4.98 Å². The molecule has 4 nitrogen and oxygen atoms in total. The van der Waals surface area contributed by atoms with Crippen LogP contribution in [0.25, 0.3) is 0 Å². The smallest absolute Gasteiger partial charge is 0.158 e.